The van der Waals surface area contributed by atoms with E-state index in [0.29, 0.717) is 27.5 Å². The van der Waals surface area contributed by atoms with E-state index >= 15 is 0 Å². The summed E-state index contributed by atoms with van der Waals surface area (Å²) in [5.41, 5.74) is 1.67. The van der Waals surface area contributed by atoms with Crippen molar-refractivity contribution in [3.05, 3.63) is 68.1 Å². The van der Waals surface area contributed by atoms with Gasteiger partial charge in [0, 0.05) is 10.2 Å². The Labute approximate surface area is 180 Å². The second-order valence-corrected chi connectivity index (χ2v) is 7.89. The molecule has 0 saturated heterocycles. The number of nitrogens with one attached hydrogen (secondary N) is 3. The van der Waals surface area contributed by atoms with Gasteiger partial charge in [0.15, 0.2) is 5.65 Å². The maximum atomic E-state index is 11.4. The lowest BCUT2D eigenvalue weighted by molar-refractivity contribution is 0.454. The zero-order valence-corrected chi connectivity index (χ0v) is 17.3. The highest BCUT2D eigenvalue weighted by Crippen LogP contribution is 2.23. The van der Waals surface area contributed by atoms with Gasteiger partial charge in [0.25, 0.3) is 5.62 Å². The second-order valence-electron chi connectivity index (χ2n) is 7.45. The van der Waals surface area contributed by atoms with Gasteiger partial charge in [-0.3, -0.25) is 4.98 Å². The fourth-order valence-corrected chi connectivity index (χ4v) is 3.40. The third-order valence-electron chi connectivity index (χ3n) is 4.95. The first-order chi connectivity index (χ1) is 15.0. The Kier molecular flexibility index (Phi) is 4.70. The Bertz CT molecular complexity index is 1450. The summed E-state index contributed by atoms with van der Waals surface area (Å²) in [6.07, 6.45) is 5.22. The summed E-state index contributed by atoms with van der Waals surface area (Å²) in [5.74, 6) is 0.135. The molecule has 3 aromatic heterocycles. The van der Waals surface area contributed by atoms with Gasteiger partial charge >= 0.3 is 5.69 Å². The lowest BCUT2D eigenvalue weighted by atomic mass is 10.1. The topological polar surface area (TPSA) is 136 Å². The average Bonchev–Trinajstić information content (AvgIpc) is 3.37. The Balaban J connectivity index is 1.62. The fraction of sp³-hybridized carbons (Fsp3) is 0.250. The molecule has 0 radical (unpaired) electrons. The van der Waals surface area contributed by atoms with E-state index < -0.39 is 5.69 Å². The molecular weight excluding hydrogens is 420 g/mol. The van der Waals surface area contributed by atoms with Gasteiger partial charge in [-0.25, -0.2) is 9.79 Å². The van der Waals surface area contributed by atoms with Crippen LogP contribution in [0.15, 0.2) is 40.2 Å². The predicted molar refractivity (Wildman–Crippen MR) is 115 cm³/mol. The molecule has 4 N–H and O–H groups in total. The molecule has 1 aliphatic rings. The molecule has 1 saturated carbocycles. The third-order valence-corrected chi connectivity index (χ3v) is 5.19. The van der Waals surface area contributed by atoms with Crippen LogP contribution in [0, 0.1) is 0 Å². The summed E-state index contributed by atoms with van der Waals surface area (Å²) >= 11 is 6.12. The highest BCUT2D eigenvalue weighted by Gasteiger charge is 2.21. The Morgan fingerprint density at radius 3 is 2.90 bits per heavy atom. The summed E-state index contributed by atoms with van der Waals surface area (Å²) in [5, 5.41) is 18.8. The molecule has 0 bridgehead atoms. The second kappa shape index (κ2) is 7.55. The summed E-state index contributed by atoms with van der Waals surface area (Å²) in [4.78, 5) is 30.1. The van der Waals surface area contributed by atoms with Crippen LogP contribution in [0.2, 0.25) is 5.02 Å². The molecule has 1 atom stereocenters. The maximum absolute atomic E-state index is 11.4. The Morgan fingerprint density at radius 1 is 1.35 bits per heavy atom. The first kappa shape index (κ1) is 19.3. The van der Waals surface area contributed by atoms with Crippen LogP contribution < -0.4 is 21.8 Å². The van der Waals surface area contributed by atoms with Gasteiger partial charge in [0.2, 0.25) is 11.8 Å². The van der Waals surface area contributed by atoms with E-state index in [1.165, 1.54) is 0 Å². The van der Waals surface area contributed by atoms with Crippen molar-refractivity contribution >= 4 is 29.3 Å². The molecule has 3 heterocycles. The first-order valence-electron chi connectivity index (χ1n) is 9.81. The van der Waals surface area contributed by atoms with Gasteiger partial charge in [-0.1, -0.05) is 23.7 Å². The molecule has 5 rings (SSSR count). The number of hydrogen-bond acceptors (Lipinski definition) is 7. The zero-order chi connectivity index (χ0) is 21.5. The molecule has 158 valence electrons. The predicted octanol–water partition coefficient (Wildman–Crippen LogP) is 1.28. The van der Waals surface area contributed by atoms with Crippen molar-refractivity contribution in [2.75, 3.05) is 5.32 Å². The zero-order valence-electron chi connectivity index (χ0n) is 16.5. The molecule has 1 unspecified atom stereocenters. The molecule has 0 amide bonds. The first-order valence-corrected chi connectivity index (χ1v) is 10.2. The molecule has 0 spiro atoms. The number of halogens is 1. The summed E-state index contributed by atoms with van der Waals surface area (Å²) < 4.78 is 1.56. The number of aromatic hydroxyl groups is 1. The SMILES string of the molecule is CC(Nc1nc(=NC2CC2)n2ncc(=Cc3[nH]c(=O)[nH]c3O)c2n1)c1cccc(Cl)c1. The van der Waals surface area contributed by atoms with Crippen molar-refractivity contribution in [1.82, 2.24) is 29.5 Å². The minimum atomic E-state index is -0.503. The van der Waals surface area contributed by atoms with Gasteiger partial charge < -0.3 is 15.4 Å². The van der Waals surface area contributed by atoms with E-state index in [2.05, 4.69) is 35.3 Å². The van der Waals surface area contributed by atoms with Crippen molar-refractivity contribution < 1.29 is 5.11 Å². The number of hydrogen-bond donors (Lipinski definition) is 4. The van der Waals surface area contributed by atoms with E-state index in [9.17, 15) is 9.90 Å². The van der Waals surface area contributed by atoms with Gasteiger partial charge in [0.1, 0.15) is 5.69 Å². The highest BCUT2D eigenvalue weighted by molar-refractivity contribution is 6.30. The largest absolute Gasteiger partial charge is 0.493 e. The van der Waals surface area contributed by atoms with Crippen LogP contribution in [-0.4, -0.2) is 40.7 Å². The van der Waals surface area contributed by atoms with Gasteiger partial charge in [-0.05, 0) is 43.5 Å². The molecule has 4 aromatic rings. The minimum absolute atomic E-state index is 0.102. The van der Waals surface area contributed by atoms with Crippen LogP contribution >= 0.6 is 11.6 Å². The van der Waals surface area contributed by atoms with Crippen LogP contribution in [0.4, 0.5) is 5.95 Å². The molecule has 1 aliphatic carbocycles. The van der Waals surface area contributed by atoms with Crippen LogP contribution in [0.3, 0.4) is 0 Å². The van der Waals surface area contributed by atoms with E-state index in [4.69, 9.17) is 11.6 Å². The van der Waals surface area contributed by atoms with E-state index in [-0.39, 0.29) is 23.7 Å². The molecule has 31 heavy (non-hydrogen) atoms. The minimum Gasteiger partial charge on any atom is -0.493 e. The van der Waals surface area contributed by atoms with Crippen molar-refractivity contribution in [2.45, 2.75) is 31.8 Å². The van der Waals surface area contributed by atoms with E-state index in [1.807, 2.05) is 31.2 Å². The van der Waals surface area contributed by atoms with Gasteiger partial charge in [-0.15, -0.1) is 0 Å². The standard InChI is InChI=1S/C20H19ClN8O2/c1-10(11-3-2-4-13(21)7-11)23-18-26-16-12(8-15-17(30)27-20(31)25-15)9-22-29(16)19(28-18)24-14-5-6-14/h2-4,7-10,14,30H,5-6H2,1H3,(H,23,24,28)(H2,25,27,31). The van der Waals surface area contributed by atoms with Crippen LogP contribution in [-0.2, 0) is 0 Å². The molecule has 0 aliphatic heterocycles. The van der Waals surface area contributed by atoms with Crippen LogP contribution in [0.5, 0.6) is 5.88 Å². The number of aromatic amines is 2. The van der Waals surface area contributed by atoms with Crippen LogP contribution in [0.1, 0.15) is 37.1 Å². The average molecular weight is 439 g/mol. The number of rotatable bonds is 5. The summed E-state index contributed by atoms with van der Waals surface area (Å²) in [6, 6.07) is 7.70. The Hall–Kier alpha value is -3.66. The number of imidazole rings is 1. The van der Waals surface area contributed by atoms with Gasteiger partial charge in [-0.2, -0.15) is 19.6 Å². The Morgan fingerprint density at radius 2 is 2.19 bits per heavy atom. The third kappa shape index (κ3) is 4.02. The molecule has 10 nitrogen and oxygen atoms in total. The molecule has 11 heteroatoms. The maximum Gasteiger partial charge on any atom is 0.326 e. The fourth-order valence-electron chi connectivity index (χ4n) is 3.20. The quantitative estimate of drug-likeness (QED) is 0.370. The van der Waals surface area contributed by atoms with Crippen molar-refractivity contribution in [1.29, 1.82) is 0 Å². The molecular formula is C20H19ClN8O2. The number of fused-ring (bicyclic) bond motifs is 1. The molecule has 1 aromatic carbocycles. The number of benzene rings is 1. The monoisotopic (exact) mass is 438 g/mol. The smallest absolute Gasteiger partial charge is 0.326 e. The number of aromatic nitrogens is 6. The van der Waals surface area contributed by atoms with Crippen molar-refractivity contribution in [3.63, 3.8) is 0 Å². The summed E-state index contributed by atoms with van der Waals surface area (Å²) in [7, 11) is 0. The van der Waals surface area contributed by atoms with Crippen LogP contribution in [0.25, 0.3) is 11.7 Å². The normalized spacial score (nSPS) is 16.2. The van der Waals surface area contributed by atoms with Crippen molar-refractivity contribution in [2.24, 2.45) is 4.99 Å². The lowest BCUT2D eigenvalue weighted by Gasteiger charge is -2.14. The van der Waals surface area contributed by atoms with Crippen molar-refractivity contribution in [3.8, 4) is 5.88 Å². The molecule has 1 fully saturated rings. The number of anilines is 1. The van der Waals surface area contributed by atoms with Gasteiger partial charge in [0.05, 0.1) is 18.3 Å². The number of nitrogens with zero attached hydrogens (tertiary/aromatic N) is 5. The van der Waals surface area contributed by atoms with E-state index in [1.54, 1.807) is 16.8 Å². The summed E-state index contributed by atoms with van der Waals surface area (Å²) in [6.45, 7) is 1.99. The van der Waals surface area contributed by atoms with E-state index in [0.717, 1.165) is 18.4 Å². The number of H-pyrrole nitrogens is 2. The lowest BCUT2D eigenvalue weighted by Crippen LogP contribution is -2.25. The highest BCUT2D eigenvalue weighted by atomic mass is 35.5.